The molecule has 0 aliphatic carbocycles. The number of nitrogens with one attached hydrogen (secondary N) is 1. The number of nitrogens with two attached hydrogens (primary N) is 1. The SMILES string of the molecule is C.CC.CC.CC.CC.CC(=O)C(N)C(C)C.CCC.CNCCCCC(C)C(C)=O. The highest BCUT2D eigenvalue weighted by Gasteiger charge is 2.10. The summed E-state index contributed by atoms with van der Waals surface area (Å²) in [6.45, 7) is 30.4. The molecule has 3 N–H and O–H groups in total. The molecule has 0 spiro atoms. The predicted molar refractivity (Wildman–Crippen MR) is 149 cm³/mol. The van der Waals surface area contributed by atoms with Crippen molar-refractivity contribution < 1.29 is 9.59 Å². The van der Waals surface area contributed by atoms with Gasteiger partial charge in [-0.2, -0.15) is 0 Å². The number of rotatable bonds is 8. The molecule has 0 amide bonds. The minimum Gasteiger partial charge on any atom is -0.321 e. The van der Waals surface area contributed by atoms with Crippen LogP contribution in [0.3, 0.4) is 0 Å². The van der Waals surface area contributed by atoms with E-state index in [1.165, 1.54) is 19.8 Å². The molecule has 0 saturated heterocycles. The predicted octanol–water partition coefficient (Wildman–Crippen LogP) is 8.32. The zero-order valence-electron chi connectivity index (χ0n) is 24.2. The Morgan fingerprint density at radius 2 is 1.10 bits per heavy atom. The van der Waals surface area contributed by atoms with Gasteiger partial charge >= 0.3 is 0 Å². The largest absolute Gasteiger partial charge is 0.321 e. The smallest absolute Gasteiger partial charge is 0.146 e. The molecule has 2 unspecified atom stereocenters. The maximum absolute atomic E-state index is 10.8. The molecular weight excluding hydrogens is 384 g/mol. The Kier molecular flexibility index (Phi) is 96.0. The minimum atomic E-state index is -0.269. The van der Waals surface area contributed by atoms with Crippen molar-refractivity contribution in [1.29, 1.82) is 0 Å². The molecule has 4 heteroatoms. The Hall–Kier alpha value is -0.740. The lowest BCUT2D eigenvalue weighted by Crippen LogP contribution is -2.33. The first kappa shape index (κ1) is 52.3. The molecule has 0 radical (unpaired) electrons. The first-order valence-corrected chi connectivity index (χ1v) is 12.6. The van der Waals surface area contributed by atoms with Crippen molar-refractivity contribution in [3.05, 3.63) is 0 Å². The van der Waals surface area contributed by atoms with E-state index in [0.717, 1.165) is 19.4 Å². The van der Waals surface area contributed by atoms with Crippen LogP contribution < -0.4 is 11.1 Å². The van der Waals surface area contributed by atoms with Crippen molar-refractivity contribution in [1.82, 2.24) is 5.32 Å². The molecule has 0 aromatic carbocycles. The second-order valence-electron chi connectivity index (χ2n) is 6.20. The fourth-order valence-electron chi connectivity index (χ4n) is 1.42. The van der Waals surface area contributed by atoms with E-state index >= 15 is 0 Å². The van der Waals surface area contributed by atoms with E-state index in [1.54, 1.807) is 6.92 Å². The topological polar surface area (TPSA) is 72.2 Å². The summed E-state index contributed by atoms with van der Waals surface area (Å²) in [5.41, 5.74) is 5.41. The van der Waals surface area contributed by atoms with Gasteiger partial charge in [-0.25, -0.2) is 0 Å². The van der Waals surface area contributed by atoms with Crippen LogP contribution in [0.25, 0.3) is 0 Å². The van der Waals surface area contributed by atoms with Gasteiger partial charge in [0.15, 0.2) is 0 Å². The molecule has 0 bridgehead atoms. The summed E-state index contributed by atoms with van der Waals surface area (Å²) in [7, 11) is 1.95. The highest BCUT2D eigenvalue weighted by atomic mass is 16.1. The van der Waals surface area contributed by atoms with Crippen LogP contribution in [-0.2, 0) is 9.59 Å². The van der Waals surface area contributed by atoms with Crippen LogP contribution in [0.5, 0.6) is 0 Å². The van der Waals surface area contributed by atoms with Crippen LogP contribution in [0.4, 0.5) is 0 Å². The van der Waals surface area contributed by atoms with Gasteiger partial charge < -0.3 is 11.1 Å². The molecule has 0 aromatic rings. The number of unbranched alkanes of at least 4 members (excludes halogenated alkanes) is 1. The van der Waals surface area contributed by atoms with Crippen molar-refractivity contribution >= 4 is 11.6 Å². The lowest BCUT2D eigenvalue weighted by Gasteiger charge is -2.09. The summed E-state index contributed by atoms with van der Waals surface area (Å²) in [4.78, 5) is 21.3. The fourth-order valence-corrected chi connectivity index (χ4v) is 1.42. The number of hydrogen-bond acceptors (Lipinski definition) is 4. The summed E-state index contributed by atoms with van der Waals surface area (Å²) >= 11 is 0. The fraction of sp³-hybridized carbons (Fsp3) is 0.926. The van der Waals surface area contributed by atoms with E-state index in [4.69, 9.17) is 5.73 Å². The van der Waals surface area contributed by atoms with E-state index in [9.17, 15) is 9.59 Å². The Morgan fingerprint density at radius 3 is 1.26 bits per heavy atom. The Balaban J connectivity index is -0.0000000389. The zero-order chi connectivity index (χ0) is 26.1. The number of ketones is 2. The third-order valence-electron chi connectivity index (χ3n) is 3.20. The van der Waals surface area contributed by atoms with Crippen molar-refractivity contribution in [3.63, 3.8) is 0 Å². The number of carbonyl (C=O) groups is 2. The lowest BCUT2D eigenvalue weighted by molar-refractivity contribution is -0.120. The summed E-state index contributed by atoms with van der Waals surface area (Å²) in [5.74, 6) is 0.911. The van der Waals surface area contributed by atoms with E-state index in [1.807, 2.05) is 83.2 Å². The van der Waals surface area contributed by atoms with Crippen LogP contribution in [-0.4, -0.2) is 31.2 Å². The molecule has 0 rings (SSSR count). The van der Waals surface area contributed by atoms with Gasteiger partial charge in [-0.3, -0.25) is 9.59 Å². The highest BCUT2D eigenvalue weighted by molar-refractivity contribution is 5.81. The summed E-state index contributed by atoms with van der Waals surface area (Å²) in [6.07, 6.45) is 4.62. The maximum atomic E-state index is 10.8. The van der Waals surface area contributed by atoms with Crippen molar-refractivity contribution in [2.45, 2.75) is 143 Å². The zero-order valence-corrected chi connectivity index (χ0v) is 24.2. The molecule has 0 aliphatic heterocycles. The Labute approximate surface area is 200 Å². The van der Waals surface area contributed by atoms with Crippen molar-refractivity contribution in [2.75, 3.05) is 13.6 Å². The molecule has 0 fully saturated rings. The van der Waals surface area contributed by atoms with Crippen molar-refractivity contribution in [2.24, 2.45) is 17.6 Å². The van der Waals surface area contributed by atoms with E-state index < -0.39 is 0 Å². The number of Topliss-reactive ketones (excluding diaryl/α,β-unsaturated/α-hetero) is 2. The van der Waals surface area contributed by atoms with Crippen molar-refractivity contribution in [3.8, 4) is 0 Å². The normalized spacial score (nSPS) is 9.61. The summed E-state index contributed by atoms with van der Waals surface area (Å²) in [5, 5.41) is 3.09. The molecule has 198 valence electrons. The summed E-state index contributed by atoms with van der Waals surface area (Å²) in [6, 6.07) is -0.269. The van der Waals surface area contributed by atoms with Crippen LogP contribution in [0.15, 0.2) is 0 Å². The maximum Gasteiger partial charge on any atom is 0.146 e. The van der Waals surface area contributed by atoms with Gasteiger partial charge in [0.2, 0.25) is 0 Å². The van der Waals surface area contributed by atoms with Crippen LogP contribution >= 0.6 is 0 Å². The van der Waals surface area contributed by atoms with Gasteiger partial charge in [0, 0.05) is 5.92 Å². The number of carbonyl (C=O) groups excluding carboxylic acids is 2. The Bertz CT molecular complexity index is 268. The standard InChI is InChI=1S/C9H19NO.C6H13NO.C3H8.4C2H6.CH4/c1-8(9(2)11)6-4-5-7-10-3;1-4(2)6(7)5(3)8;1-3-2;4*1-2;/h8,10H,4-7H2,1-3H3;4,6H,7H2,1-3H3;3H2,1-2H3;4*1-2H3;1H4. The van der Waals surface area contributed by atoms with E-state index in [2.05, 4.69) is 19.2 Å². The molecular formula is C27H68N2O2. The van der Waals surface area contributed by atoms with Gasteiger partial charge in [0.05, 0.1) is 6.04 Å². The third-order valence-corrected chi connectivity index (χ3v) is 3.20. The van der Waals surface area contributed by atoms with E-state index in [0.29, 0.717) is 5.78 Å². The van der Waals surface area contributed by atoms with Gasteiger partial charge in [0.25, 0.3) is 0 Å². The molecule has 0 aliphatic rings. The first-order chi connectivity index (χ1) is 14.1. The molecule has 0 heterocycles. The van der Waals surface area contributed by atoms with Crippen LogP contribution in [0.2, 0.25) is 0 Å². The molecule has 2 atom stereocenters. The second-order valence-corrected chi connectivity index (χ2v) is 6.20. The van der Waals surface area contributed by atoms with Crippen LogP contribution in [0, 0.1) is 11.8 Å². The molecule has 4 nitrogen and oxygen atoms in total. The average molecular weight is 453 g/mol. The average Bonchev–Trinajstić information content (AvgIpc) is 2.77. The molecule has 0 saturated carbocycles. The Morgan fingerprint density at radius 1 is 0.774 bits per heavy atom. The van der Waals surface area contributed by atoms with Crippen LogP contribution in [0.1, 0.15) is 137 Å². The monoisotopic (exact) mass is 453 g/mol. The second kappa shape index (κ2) is 56.9. The van der Waals surface area contributed by atoms with Gasteiger partial charge in [-0.05, 0) is 46.2 Å². The third kappa shape index (κ3) is 73.0. The van der Waals surface area contributed by atoms with E-state index in [-0.39, 0.29) is 31.1 Å². The summed E-state index contributed by atoms with van der Waals surface area (Å²) < 4.78 is 0. The molecule has 0 aromatic heterocycles. The molecule has 31 heavy (non-hydrogen) atoms. The highest BCUT2D eigenvalue weighted by Crippen LogP contribution is 2.07. The minimum absolute atomic E-state index is 0. The van der Waals surface area contributed by atoms with Gasteiger partial charge in [-0.15, -0.1) is 0 Å². The number of hydrogen-bond donors (Lipinski definition) is 2. The first-order valence-electron chi connectivity index (χ1n) is 12.6. The van der Waals surface area contributed by atoms with Gasteiger partial charge in [0.1, 0.15) is 11.6 Å². The quantitative estimate of drug-likeness (QED) is 0.363. The van der Waals surface area contributed by atoms with Gasteiger partial charge in [-0.1, -0.05) is 110 Å². The lowest BCUT2D eigenvalue weighted by atomic mass is 10.0.